The van der Waals surface area contributed by atoms with Crippen LogP contribution < -0.4 is 15.8 Å². The molecule has 0 saturated carbocycles. The highest BCUT2D eigenvalue weighted by Crippen LogP contribution is 2.14. The number of aliphatic imine (C=N–C) groups is 1. The fourth-order valence-corrected chi connectivity index (χ4v) is 1.72. The number of aromatic nitrogens is 1. The summed E-state index contributed by atoms with van der Waals surface area (Å²) in [5, 5.41) is 3.02. The van der Waals surface area contributed by atoms with Crippen molar-refractivity contribution in [2.45, 2.75) is 13.5 Å². The van der Waals surface area contributed by atoms with Crippen LogP contribution in [0.1, 0.15) is 11.4 Å². The number of nitrogens with two attached hydrogens (primary N) is 1. The molecule has 1 aromatic carbocycles. The Morgan fingerprint density at radius 3 is 2.65 bits per heavy atom. The van der Waals surface area contributed by atoms with Crippen LogP contribution >= 0.6 is 0 Å². The van der Waals surface area contributed by atoms with Crippen LogP contribution in [0.2, 0.25) is 0 Å². The molecule has 1 aromatic heterocycles. The van der Waals surface area contributed by atoms with Crippen molar-refractivity contribution in [3.05, 3.63) is 53.9 Å². The Hall–Kier alpha value is -2.56. The molecule has 2 rings (SSSR count). The van der Waals surface area contributed by atoms with Crippen LogP contribution in [0.15, 0.2) is 47.5 Å². The van der Waals surface area contributed by atoms with Gasteiger partial charge in [0.05, 0.1) is 19.3 Å². The third kappa shape index (κ3) is 3.98. The first-order valence-electron chi connectivity index (χ1n) is 6.31. The van der Waals surface area contributed by atoms with Gasteiger partial charge in [0, 0.05) is 11.4 Å². The normalized spacial score (nSPS) is 11.2. The summed E-state index contributed by atoms with van der Waals surface area (Å²) in [6, 6.07) is 13.3. The number of nitrogens with one attached hydrogen (secondary N) is 1. The van der Waals surface area contributed by atoms with Gasteiger partial charge in [-0.15, -0.1) is 0 Å². The number of nitrogens with zero attached hydrogens (tertiary/aromatic N) is 2. The van der Waals surface area contributed by atoms with Crippen LogP contribution in [0.4, 0.5) is 5.69 Å². The van der Waals surface area contributed by atoms with Gasteiger partial charge in [-0.2, -0.15) is 0 Å². The van der Waals surface area contributed by atoms with E-state index in [2.05, 4.69) is 15.3 Å². The van der Waals surface area contributed by atoms with Crippen molar-refractivity contribution in [3.63, 3.8) is 0 Å². The van der Waals surface area contributed by atoms with Crippen molar-refractivity contribution >= 4 is 11.6 Å². The van der Waals surface area contributed by atoms with E-state index in [1.54, 1.807) is 7.11 Å². The maximum Gasteiger partial charge on any atom is 0.193 e. The lowest BCUT2D eigenvalue weighted by Crippen LogP contribution is -2.22. The average Bonchev–Trinajstić information content (AvgIpc) is 2.46. The van der Waals surface area contributed by atoms with E-state index in [4.69, 9.17) is 10.5 Å². The Balaban J connectivity index is 1.96. The number of ether oxygens (including phenoxy) is 1. The lowest BCUT2D eigenvalue weighted by molar-refractivity contribution is 0.415. The van der Waals surface area contributed by atoms with Gasteiger partial charge in [-0.25, -0.2) is 4.99 Å². The van der Waals surface area contributed by atoms with Crippen molar-refractivity contribution in [2.24, 2.45) is 10.7 Å². The zero-order valence-corrected chi connectivity index (χ0v) is 11.6. The predicted octanol–water partition coefficient (Wildman–Crippen LogP) is 2.33. The Morgan fingerprint density at radius 2 is 2.00 bits per heavy atom. The molecular formula is C15H18N4O. The number of pyridine rings is 1. The fraction of sp³-hybridized carbons (Fsp3) is 0.200. The first-order chi connectivity index (χ1) is 9.67. The highest BCUT2D eigenvalue weighted by molar-refractivity contribution is 5.92. The number of hydrogen-bond donors (Lipinski definition) is 2. The summed E-state index contributed by atoms with van der Waals surface area (Å²) in [5.41, 5.74) is 8.57. The van der Waals surface area contributed by atoms with Gasteiger partial charge in [-0.05, 0) is 43.3 Å². The van der Waals surface area contributed by atoms with Crippen LogP contribution in [0.25, 0.3) is 0 Å². The molecule has 20 heavy (non-hydrogen) atoms. The van der Waals surface area contributed by atoms with E-state index < -0.39 is 0 Å². The predicted molar refractivity (Wildman–Crippen MR) is 80.9 cm³/mol. The quantitative estimate of drug-likeness (QED) is 0.660. The zero-order valence-electron chi connectivity index (χ0n) is 11.6. The number of benzene rings is 1. The standard InChI is InChI=1S/C15H18N4O/c1-11-4-3-5-13(18-11)10-17-15(16)19-12-6-8-14(20-2)9-7-12/h3-9H,10H2,1-2H3,(H3,16,17,19). The molecule has 0 radical (unpaired) electrons. The van der Waals surface area contributed by atoms with Crippen molar-refractivity contribution in [3.8, 4) is 5.75 Å². The number of rotatable bonds is 4. The number of anilines is 1. The third-order valence-corrected chi connectivity index (χ3v) is 2.72. The first kappa shape index (κ1) is 13.9. The van der Waals surface area contributed by atoms with Gasteiger partial charge in [-0.1, -0.05) is 6.07 Å². The average molecular weight is 270 g/mol. The summed E-state index contributed by atoms with van der Waals surface area (Å²) in [5.74, 6) is 1.16. The molecule has 104 valence electrons. The first-order valence-corrected chi connectivity index (χ1v) is 6.31. The molecule has 0 fully saturated rings. The van der Waals surface area contributed by atoms with Crippen molar-refractivity contribution in [1.29, 1.82) is 0 Å². The zero-order chi connectivity index (χ0) is 14.4. The van der Waals surface area contributed by atoms with E-state index in [0.717, 1.165) is 22.8 Å². The molecule has 5 heteroatoms. The minimum Gasteiger partial charge on any atom is -0.497 e. The lowest BCUT2D eigenvalue weighted by Gasteiger charge is -2.06. The summed E-state index contributed by atoms with van der Waals surface area (Å²) < 4.78 is 5.09. The van der Waals surface area contributed by atoms with Crippen LogP contribution in [0.5, 0.6) is 5.75 Å². The van der Waals surface area contributed by atoms with E-state index in [-0.39, 0.29) is 0 Å². The van der Waals surface area contributed by atoms with Gasteiger partial charge >= 0.3 is 0 Å². The second-order valence-electron chi connectivity index (χ2n) is 4.33. The van der Waals surface area contributed by atoms with Crippen LogP contribution in [-0.4, -0.2) is 18.1 Å². The maximum absolute atomic E-state index is 5.84. The molecule has 0 aliphatic heterocycles. The van der Waals surface area contributed by atoms with Gasteiger partial charge < -0.3 is 15.8 Å². The highest BCUT2D eigenvalue weighted by atomic mass is 16.5. The summed E-state index contributed by atoms with van der Waals surface area (Å²) >= 11 is 0. The molecule has 1 heterocycles. The van der Waals surface area contributed by atoms with Crippen molar-refractivity contribution in [1.82, 2.24) is 4.98 Å². The Morgan fingerprint density at radius 1 is 1.25 bits per heavy atom. The SMILES string of the molecule is COc1ccc(NC(N)=NCc2cccc(C)n2)cc1. The Labute approximate surface area is 118 Å². The molecule has 0 aliphatic rings. The minimum absolute atomic E-state index is 0.360. The van der Waals surface area contributed by atoms with Crippen molar-refractivity contribution < 1.29 is 4.74 Å². The molecule has 5 nitrogen and oxygen atoms in total. The summed E-state index contributed by atoms with van der Waals surface area (Å²) in [6.45, 7) is 2.41. The van der Waals surface area contributed by atoms with E-state index in [0.29, 0.717) is 12.5 Å². The minimum atomic E-state index is 0.360. The fourth-order valence-electron chi connectivity index (χ4n) is 1.72. The third-order valence-electron chi connectivity index (χ3n) is 2.72. The molecule has 0 saturated heterocycles. The smallest absolute Gasteiger partial charge is 0.193 e. The topological polar surface area (TPSA) is 72.5 Å². The summed E-state index contributed by atoms with van der Waals surface area (Å²) in [7, 11) is 1.63. The number of methoxy groups -OCH3 is 1. The number of hydrogen-bond acceptors (Lipinski definition) is 3. The van der Waals surface area contributed by atoms with Gasteiger partial charge in [0.2, 0.25) is 0 Å². The Bertz CT molecular complexity index is 593. The van der Waals surface area contributed by atoms with Gasteiger partial charge in [0.1, 0.15) is 5.75 Å². The Kier molecular flexibility index (Phi) is 4.55. The number of guanidine groups is 1. The van der Waals surface area contributed by atoms with Crippen LogP contribution in [-0.2, 0) is 6.54 Å². The van der Waals surface area contributed by atoms with Gasteiger partial charge in [0.15, 0.2) is 5.96 Å². The molecule has 0 bridgehead atoms. The monoisotopic (exact) mass is 270 g/mol. The van der Waals surface area contributed by atoms with Gasteiger partial charge in [0.25, 0.3) is 0 Å². The van der Waals surface area contributed by atoms with Crippen LogP contribution in [0, 0.1) is 6.92 Å². The maximum atomic E-state index is 5.84. The van der Waals surface area contributed by atoms with Crippen molar-refractivity contribution in [2.75, 3.05) is 12.4 Å². The molecule has 3 N–H and O–H groups in total. The van der Waals surface area contributed by atoms with E-state index >= 15 is 0 Å². The van der Waals surface area contributed by atoms with E-state index in [1.807, 2.05) is 49.4 Å². The highest BCUT2D eigenvalue weighted by Gasteiger charge is 1.97. The van der Waals surface area contributed by atoms with E-state index in [9.17, 15) is 0 Å². The molecule has 0 unspecified atom stereocenters. The molecule has 0 aliphatic carbocycles. The largest absolute Gasteiger partial charge is 0.497 e. The number of aryl methyl sites for hydroxylation is 1. The van der Waals surface area contributed by atoms with Gasteiger partial charge in [-0.3, -0.25) is 4.98 Å². The molecular weight excluding hydrogens is 252 g/mol. The second kappa shape index (κ2) is 6.56. The molecule has 0 atom stereocenters. The molecule has 2 aromatic rings. The van der Waals surface area contributed by atoms with E-state index in [1.165, 1.54) is 0 Å². The second-order valence-corrected chi connectivity index (χ2v) is 4.33. The molecule has 0 amide bonds. The summed E-state index contributed by atoms with van der Waals surface area (Å²) in [6.07, 6.45) is 0. The van der Waals surface area contributed by atoms with Crippen LogP contribution in [0.3, 0.4) is 0 Å². The molecule has 0 spiro atoms. The summed E-state index contributed by atoms with van der Waals surface area (Å²) in [4.78, 5) is 8.63. The lowest BCUT2D eigenvalue weighted by atomic mass is 10.3.